The predicted octanol–water partition coefficient (Wildman–Crippen LogP) is 3.35. The first-order chi connectivity index (χ1) is 7.65. The predicted molar refractivity (Wildman–Crippen MR) is 69.7 cm³/mol. The van der Waals surface area contributed by atoms with Gasteiger partial charge < -0.3 is 5.32 Å². The molecule has 2 atom stereocenters. The van der Waals surface area contributed by atoms with Gasteiger partial charge in [-0.15, -0.1) is 0 Å². The summed E-state index contributed by atoms with van der Waals surface area (Å²) < 4.78 is 0. The maximum absolute atomic E-state index is 3.61. The lowest BCUT2D eigenvalue weighted by atomic mass is 9.70. The molecular formula is C15H23N. The number of hydrogen-bond acceptors (Lipinski definition) is 1. The molecule has 1 saturated heterocycles. The van der Waals surface area contributed by atoms with E-state index in [4.69, 9.17) is 0 Å². The molecule has 1 N–H and O–H groups in total. The van der Waals surface area contributed by atoms with Gasteiger partial charge in [-0.2, -0.15) is 0 Å². The third kappa shape index (κ3) is 2.01. The van der Waals surface area contributed by atoms with Gasteiger partial charge in [0.15, 0.2) is 0 Å². The smallest absolute Gasteiger partial charge is 0.0136 e. The van der Waals surface area contributed by atoms with Gasteiger partial charge in [0.05, 0.1) is 0 Å². The van der Waals surface area contributed by atoms with E-state index in [-0.39, 0.29) is 0 Å². The van der Waals surface area contributed by atoms with Crippen molar-refractivity contribution in [3.05, 3.63) is 35.9 Å². The van der Waals surface area contributed by atoms with E-state index in [2.05, 4.69) is 56.4 Å². The van der Waals surface area contributed by atoms with Crippen molar-refractivity contribution in [1.29, 1.82) is 0 Å². The molecule has 1 aliphatic heterocycles. The largest absolute Gasteiger partial charge is 0.313 e. The van der Waals surface area contributed by atoms with Crippen LogP contribution in [0.25, 0.3) is 0 Å². The molecule has 1 fully saturated rings. The molecular weight excluding hydrogens is 194 g/mol. The van der Waals surface area contributed by atoms with E-state index < -0.39 is 0 Å². The fraction of sp³-hybridized carbons (Fsp3) is 0.600. The van der Waals surface area contributed by atoms with Gasteiger partial charge in [-0.1, -0.05) is 44.2 Å². The highest BCUT2D eigenvalue weighted by atomic mass is 15.0. The van der Waals surface area contributed by atoms with Crippen LogP contribution in [0.2, 0.25) is 0 Å². The van der Waals surface area contributed by atoms with E-state index in [1.54, 1.807) is 0 Å². The molecule has 0 radical (unpaired) electrons. The first-order valence-electron chi connectivity index (χ1n) is 6.44. The first kappa shape index (κ1) is 11.7. The highest BCUT2D eigenvalue weighted by molar-refractivity contribution is 5.29. The van der Waals surface area contributed by atoms with Crippen molar-refractivity contribution in [2.45, 2.75) is 45.1 Å². The molecule has 0 amide bonds. The minimum Gasteiger partial charge on any atom is -0.313 e. The van der Waals surface area contributed by atoms with Crippen LogP contribution in [0.4, 0.5) is 0 Å². The van der Waals surface area contributed by atoms with E-state index in [1.165, 1.54) is 18.4 Å². The molecule has 0 saturated carbocycles. The van der Waals surface area contributed by atoms with Crippen LogP contribution < -0.4 is 5.32 Å². The molecule has 1 nitrogen and oxygen atoms in total. The van der Waals surface area contributed by atoms with Gasteiger partial charge in [0.25, 0.3) is 0 Å². The van der Waals surface area contributed by atoms with Gasteiger partial charge in [0, 0.05) is 11.5 Å². The SMILES string of the molecule is CC(C)CC1(c2ccccc2)CCNC1C. The minimum absolute atomic E-state index is 0.357. The highest BCUT2D eigenvalue weighted by Gasteiger charge is 2.41. The lowest BCUT2D eigenvalue weighted by Crippen LogP contribution is -2.39. The van der Waals surface area contributed by atoms with E-state index in [9.17, 15) is 0 Å². The first-order valence-corrected chi connectivity index (χ1v) is 6.44. The lowest BCUT2D eigenvalue weighted by molar-refractivity contribution is 0.313. The fourth-order valence-corrected chi connectivity index (χ4v) is 3.21. The Balaban J connectivity index is 2.35. The summed E-state index contributed by atoms with van der Waals surface area (Å²) in [5, 5.41) is 3.61. The van der Waals surface area contributed by atoms with E-state index >= 15 is 0 Å². The van der Waals surface area contributed by atoms with Gasteiger partial charge in [-0.25, -0.2) is 0 Å². The Hall–Kier alpha value is -0.820. The molecule has 1 heterocycles. The maximum atomic E-state index is 3.61. The summed E-state index contributed by atoms with van der Waals surface area (Å²) in [6, 6.07) is 11.6. The fourth-order valence-electron chi connectivity index (χ4n) is 3.21. The summed E-state index contributed by atoms with van der Waals surface area (Å²) in [6.07, 6.45) is 2.56. The van der Waals surface area contributed by atoms with Crippen molar-refractivity contribution in [3.8, 4) is 0 Å². The van der Waals surface area contributed by atoms with Crippen molar-refractivity contribution in [2.75, 3.05) is 6.54 Å². The van der Waals surface area contributed by atoms with Crippen LogP contribution in [0.15, 0.2) is 30.3 Å². The summed E-state index contributed by atoms with van der Waals surface area (Å²) in [7, 11) is 0. The zero-order valence-corrected chi connectivity index (χ0v) is 10.7. The molecule has 0 bridgehead atoms. The third-order valence-electron chi connectivity index (χ3n) is 3.97. The normalized spacial score (nSPS) is 29.9. The molecule has 0 spiro atoms. The van der Waals surface area contributed by atoms with Crippen LogP contribution in [0.1, 0.15) is 39.2 Å². The standard InChI is InChI=1S/C15H23N/c1-12(2)11-15(9-10-16-13(15)3)14-7-5-4-6-8-14/h4-8,12-13,16H,9-11H2,1-3H3. The second-order valence-corrected chi connectivity index (χ2v) is 5.55. The molecule has 2 rings (SSSR count). The number of hydrogen-bond donors (Lipinski definition) is 1. The second-order valence-electron chi connectivity index (χ2n) is 5.55. The second kappa shape index (κ2) is 4.58. The van der Waals surface area contributed by atoms with Gasteiger partial charge in [-0.3, -0.25) is 0 Å². The van der Waals surface area contributed by atoms with E-state index in [0.29, 0.717) is 11.5 Å². The summed E-state index contributed by atoms with van der Waals surface area (Å²) in [5.74, 6) is 0.752. The topological polar surface area (TPSA) is 12.0 Å². The van der Waals surface area contributed by atoms with Crippen LogP contribution in [0.3, 0.4) is 0 Å². The van der Waals surface area contributed by atoms with E-state index in [0.717, 1.165) is 12.5 Å². The average molecular weight is 217 g/mol. The van der Waals surface area contributed by atoms with Crippen molar-refractivity contribution in [3.63, 3.8) is 0 Å². The Kier molecular flexibility index (Phi) is 3.34. The number of benzene rings is 1. The van der Waals surface area contributed by atoms with Crippen LogP contribution in [0.5, 0.6) is 0 Å². The minimum atomic E-state index is 0.357. The average Bonchev–Trinajstić information content (AvgIpc) is 2.62. The molecule has 0 aliphatic carbocycles. The molecule has 16 heavy (non-hydrogen) atoms. The molecule has 1 aliphatic rings. The molecule has 1 aromatic carbocycles. The van der Waals surface area contributed by atoms with E-state index in [1.807, 2.05) is 0 Å². The summed E-state index contributed by atoms with van der Waals surface area (Å²) >= 11 is 0. The molecule has 1 heteroatoms. The third-order valence-corrected chi connectivity index (χ3v) is 3.97. The molecule has 2 unspecified atom stereocenters. The zero-order valence-electron chi connectivity index (χ0n) is 10.7. The van der Waals surface area contributed by atoms with Gasteiger partial charge in [0.1, 0.15) is 0 Å². The summed E-state index contributed by atoms with van der Waals surface area (Å²) in [6.45, 7) is 8.15. The van der Waals surface area contributed by atoms with Crippen LogP contribution in [0, 0.1) is 5.92 Å². The van der Waals surface area contributed by atoms with Crippen LogP contribution >= 0.6 is 0 Å². The number of rotatable bonds is 3. The Morgan fingerprint density at radius 2 is 2.00 bits per heavy atom. The van der Waals surface area contributed by atoms with Crippen LogP contribution in [-0.2, 0) is 5.41 Å². The van der Waals surface area contributed by atoms with Gasteiger partial charge >= 0.3 is 0 Å². The quantitative estimate of drug-likeness (QED) is 0.818. The zero-order chi connectivity index (χ0) is 11.6. The molecule has 0 aromatic heterocycles. The highest BCUT2D eigenvalue weighted by Crippen LogP contribution is 2.40. The van der Waals surface area contributed by atoms with Crippen molar-refractivity contribution in [2.24, 2.45) is 5.92 Å². The molecule has 88 valence electrons. The Bertz CT molecular complexity index is 331. The Labute approximate surface area is 99.3 Å². The Morgan fingerprint density at radius 1 is 1.31 bits per heavy atom. The summed E-state index contributed by atoms with van der Waals surface area (Å²) in [4.78, 5) is 0. The maximum Gasteiger partial charge on any atom is 0.0136 e. The van der Waals surface area contributed by atoms with Crippen molar-refractivity contribution < 1.29 is 0 Å². The monoisotopic (exact) mass is 217 g/mol. The lowest BCUT2D eigenvalue weighted by Gasteiger charge is -2.35. The van der Waals surface area contributed by atoms with Gasteiger partial charge in [-0.05, 0) is 37.8 Å². The Morgan fingerprint density at radius 3 is 2.50 bits per heavy atom. The molecule has 1 aromatic rings. The van der Waals surface area contributed by atoms with Gasteiger partial charge in [0.2, 0.25) is 0 Å². The summed E-state index contributed by atoms with van der Waals surface area (Å²) in [5.41, 5.74) is 1.87. The van der Waals surface area contributed by atoms with Crippen molar-refractivity contribution >= 4 is 0 Å². The van der Waals surface area contributed by atoms with Crippen molar-refractivity contribution in [1.82, 2.24) is 5.32 Å². The van der Waals surface area contributed by atoms with Crippen LogP contribution in [-0.4, -0.2) is 12.6 Å². The number of nitrogens with one attached hydrogen (secondary N) is 1.